The summed E-state index contributed by atoms with van der Waals surface area (Å²) in [6.45, 7) is 6.68. The van der Waals surface area contributed by atoms with Crippen molar-refractivity contribution in [2.24, 2.45) is 5.92 Å². The Bertz CT molecular complexity index is 222. The fraction of sp³-hybridized carbons (Fsp3) is 0.909. The fourth-order valence-corrected chi connectivity index (χ4v) is 2.09. The zero-order valence-corrected chi connectivity index (χ0v) is 9.46. The number of hydrogen-bond donors (Lipinski definition) is 2. The van der Waals surface area contributed by atoms with Gasteiger partial charge in [-0.15, -0.1) is 0 Å². The van der Waals surface area contributed by atoms with E-state index in [0.717, 1.165) is 32.1 Å². The van der Waals surface area contributed by atoms with Crippen molar-refractivity contribution in [1.29, 1.82) is 0 Å². The zero-order chi connectivity index (χ0) is 10.7. The molecule has 1 amide bonds. The number of piperazine rings is 1. The predicted octanol–water partition coefficient (Wildman–Crippen LogP) is -0.194. The number of nitrogens with zero attached hydrogens (tertiary/aromatic N) is 1. The molecule has 15 heavy (non-hydrogen) atoms. The quantitative estimate of drug-likeness (QED) is 0.677. The van der Waals surface area contributed by atoms with Crippen molar-refractivity contribution >= 4 is 5.91 Å². The summed E-state index contributed by atoms with van der Waals surface area (Å²) in [5.74, 6) is 0.938. The standard InChI is InChI=1S/C11H21N3O/c1-9(10-2-3-10)13-11(15)8-14-6-4-12-5-7-14/h9-10,12H,2-8H2,1H3,(H,13,15). The van der Waals surface area contributed by atoms with Crippen LogP contribution in [0.3, 0.4) is 0 Å². The first-order chi connectivity index (χ1) is 7.25. The highest BCUT2D eigenvalue weighted by Gasteiger charge is 2.29. The summed E-state index contributed by atoms with van der Waals surface area (Å²) in [7, 11) is 0. The molecule has 1 saturated heterocycles. The van der Waals surface area contributed by atoms with Gasteiger partial charge in [0.15, 0.2) is 0 Å². The van der Waals surface area contributed by atoms with Gasteiger partial charge in [-0.05, 0) is 25.7 Å². The fourth-order valence-electron chi connectivity index (χ4n) is 2.09. The first-order valence-corrected chi connectivity index (χ1v) is 5.98. The molecule has 2 aliphatic rings. The van der Waals surface area contributed by atoms with Crippen LogP contribution in [0.1, 0.15) is 19.8 Å². The molecule has 0 spiro atoms. The Morgan fingerprint density at radius 3 is 2.73 bits per heavy atom. The maximum absolute atomic E-state index is 11.7. The van der Waals surface area contributed by atoms with E-state index in [1.54, 1.807) is 0 Å². The lowest BCUT2D eigenvalue weighted by Gasteiger charge is -2.27. The summed E-state index contributed by atoms with van der Waals surface area (Å²) in [5, 5.41) is 6.37. The SMILES string of the molecule is CC(NC(=O)CN1CCNCC1)C1CC1. The summed E-state index contributed by atoms with van der Waals surface area (Å²) in [5.41, 5.74) is 0. The van der Waals surface area contributed by atoms with Crippen LogP contribution in [0.15, 0.2) is 0 Å². The number of rotatable bonds is 4. The Morgan fingerprint density at radius 1 is 1.47 bits per heavy atom. The van der Waals surface area contributed by atoms with Crippen LogP contribution in [-0.2, 0) is 4.79 Å². The average Bonchev–Trinajstić information content (AvgIpc) is 3.01. The summed E-state index contributed by atoms with van der Waals surface area (Å²) in [4.78, 5) is 13.9. The van der Waals surface area contributed by atoms with Crippen molar-refractivity contribution < 1.29 is 4.79 Å². The van der Waals surface area contributed by atoms with Crippen molar-refractivity contribution in [2.75, 3.05) is 32.7 Å². The van der Waals surface area contributed by atoms with E-state index in [4.69, 9.17) is 0 Å². The number of amides is 1. The second-order valence-electron chi connectivity index (χ2n) is 4.72. The monoisotopic (exact) mass is 211 g/mol. The highest BCUT2D eigenvalue weighted by atomic mass is 16.2. The lowest BCUT2D eigenvalue weighted by molar-refractivity contribution is -0.123. The highest BCUT2D eigenvalue weighted by Crippen LogP contribution is 2.32. The lowest BCUT2D eigenvalue weighted by atomic mass is 10.2. The summed E-state index contributed by atoms with van der Waals surface area (Å²) >= 11 is 0. The highest BCUT2D eigenvalue weighted by molar-refractivity contribution is 5.78. The van der Waals surface area contributed by atoms with E-state index in [2.05, 4.69) is 22.5 Å². The van der Waals surface area contributed by atoms with Gasteiger partial charge in [0.1, 0.15) is 0 Å². The van der Waals surface area contributed by atoms with Crippen molar-refractivity contribution in [3.05, 3.63) is 0 Å². The largest absolute Gasteiger partial charge is 0.352 e. The Kier molecular flexibility index (Phi) is 3.59. The maximum atomic E-state index is 11.7. The average molecular weight is 211 g/mol. The van der Waals surface area contributed by atoms with E-state index in [1.807, 2.05) is 0 Å². The third kappa shape index (κ3) is 3.47. The van der Waals surface area contributed by atoms with Crippen LogP contribution in [0, 0.1) is 5.92 Å². The molecule has 0 aromatic rings. The third-order valence-electron chi connectivity index (χ3n) is 3.29. The molecule has 4 nitrogen and oxygen atoms in total. The van der Waals surface area contributed by atoms with Crippen molar-refractivity contribution in [1.82, 2.24) is 15.5 Å². The van der Waals surface area contributed by atoms with E-state index >= 15 is 0 Å². The molecule has 86 valence electrons. The van der Waals surface area contributed by atoms with E-state index in [-0.39, 0.29) is 5.91 Å². The Hall–Kier alpha value is -0.610. The maximum Gasteiger partial charge on any atom is 0.234 e. The molecule has 1 aliphatic carbocycles. The molecular weight excluding hydrogens is 190 g/mol. The van der Waals surface area contributed by atoms with Crippen molar-refractivity contribution in [3.8, 4) is 0 Å². The summed E-state index contributed by atoms with van der Waals surface area (Å²) in [6, 6.07) is 0.375. The topological polar surface area (TPSA) is 44.4 Å². The van der Waals surface area contributed by atoms with E-state index in [1.165, 1.54) is 12.8 Å². The van der Waals surface area contributed by atoms with Crippen LogP contribution >= 0.6 is 0 Å². The molecule has 0 aromatic carbocycles. The van der Waals surface area contributed by atoms with Crippen molar-refractivity contribution in [2.45, 2.75) is 25.8 Å². The van der Waals surface area contributed by atoms with Gasteiger partial charge in [-0.25, -0.2) is 0 Å². The molecule has 1 heterocycles. The van der Waals surface area contributed by atoms with Crippen LogP contribution in [-0.4, -0.2) is 49.6 Å². The van der Waals surface area contributed by atoms with E-state index in [0.29, 0.717) is 12.6 Å². The molecule has 1 saturated carbocycles. The molecule has 0 bridgehead atoms. The molecule has 1 atom stereocenters. The molecule has 0 radical (unpaired) electrons. The van der Waals surface area contributed by atoms with Crippen LogP contribution in [0.25, 0.3) is 0 Å². The van der Waals surface area contributed by atoms with Gasteiger partial charge >= 0.3 is 0 Å². The first kappa shape index (κ1) is 10.9. The van der Waals surface area contributed by atoms with Crippen molar-refractivity contribution in [3.63, 3.8) is 0 Å². The van der Waals surface area contributed by atoms with Crippen LogP contribution in [0.4, 0.5) is 0 Å². The number of carbonyl (C=O) groups excluding carboxylic acids is 1. The van der Waals surface area contributed by atoms with Gasteiger partial charge in [0, 0.05) is 32.2 Å². The lowest BCUT2D eigenvalue weighted by Crippen LogP contribution is -2.48. The minimum atomic E-state index is 0.191. The Labute approximate surface area is 91.4 Å². The molecule has 2 fully saturated rings. The third-order valence-corrected chi connectivity index (χ3v) is 3.29. The Morgan fingerprint density at radius 2 is 2.13 bits per heavy atom. The minimum absolute atomic E-state index is 0.191. The second-order valence-corrected chi connectivity index (χ2v) is 4.72. The van der Waals surface area contributed by atoms with Gasteiger partial charge in [0.25, 0.3) is 0 Å². The van der Waals surface area contributed by atoms with Crippen LogP contribution < -0.4 is 10.6 Å². The minimum Gasteiger partial charge on any atom is -0.352 e. The van der Waals surface area contributed by atoms with Gasteiger partial charge in [0.2, 0.25) is 5.91 Å². The van der Waals surface area contributed by atoms with Gasteiger partial charge in [-0.2, -0.15) is 0 Å². The van der Waals surface area contributed by atoms with Gasteiger partial charge in [-0.3, -0.25) is 9.69 Å². The van der Waals surface area contributed by atoms with Gasteiger partial charge < -0.3 is 10.6 Å². The summed E-state index contributed by atoms with van der Waals surface area (Å²) in [6.07, 6.45) is 2.57. The van der Waals surface area contributed by atoms with Gasteiger partial charge in [-0.1, -0.05) is 0 Å². The number of nitrogens with one attached hydrogen (secondary N) is 2. The van der Waals surface area contributed by atoms with Crippen LogP contribution in [0.2, 0.25) is 0 Å². The Balaban J connectivity index is 1.66. The smallest absolute Gasteiger partial charge is 0.234 e. The first-order valence-electron chi connectivity index (χ1n) is 5.98. The predicted molar refractivity (Wildman–Crippen MR) is 59.6 cm³/mol. The molecular formula is C11H21N3O. The number of carbonyl (C=O) groups is 1. The second kappa shape index (κ2) is 4.94. The van der Waals surface area contributed by atoms with E-state index in [9.17, 15) is 4.79 Å². The summed E-state index contributed by atoms with van der Waals surface area (Å²) < 4.78 is 0. The molecule has 1 aliphatic heterocycles. The normalized spacial score (nSPS) is 24.9. The van der Waals surface area contributed by atoms with Gasteiger partial charge in [0.05, 0.1) is 6.54 Å². The molecule has 2 N–H and O–H groups in total. The number of hydrogen-bond acceptors (Lipinski definition) is 3. The zero-order valence-electron chi connectivity index (χ0n) is 9.46. The molecule has 1 unspecified atom stereocenters. The van der Waals surface area contributed by atoms with E-state index < -0.39 is 0 Å². The molecule has 2 rings (SSSR count). The molecule has 0 aromatic heterocycles. The van der Waals surface area contributed by atoms with Crippen LogP contribution in [0.5, 0.6) is 0 Å². The molecule has 4 heteroatoms.